The van der Waals surface area contributed by atoms with E-state index < -0.39 is 17.8 Å². The van der Waals surface area contributed by atoms with Gasteiger partial charge in [0, 0.05) is 18.2 Å². The van der Waals surface area contributed by atoms with Crippen molar-refractivity contribution >= 4 is 0 Å². The quantitative estimate of drug-likeness (QED) is 0.506. The lowest BCUT2D eigenvalue weighted by Gasteiger charge is -2.27. The zero-order valence-electron chi connectivity index (χ0n) is 16.9. The molecule has 1 unspecified atom stereocenters. The van der Waals surface area contributed by atoms with Gasteiger partial charge in [0.15, 0.2) is 5.60 Å². The van der Waals surface area contributed by atoms with E-state index in [4.69, 9.17) is 0 Å². The molecule has 0 aliphatic carbocycles. The van der Waals surface area contributed by atoms with Crippen LogP contribution in [0.5, 0.6) is 0 Å². The highest BCUT2D eigenvalue weighted by molar-refractivity contribution is 5.59. The van der Waals surface area contributed by atoms with Crippen LogP contribution in [0.25, 0.3) is 11.3 Å². The molecule has 0 saturated carbocycles. The van der Waals surface area contributed by atoms with Gasteiger partial charge in [-0.15, -0.1) is 6.58 Å². The molecule has 4 nitrogen and oxygen atoms in total. The fourth-order valence-electron chi connectivity index (χ4n) is 3.16. The maximum Gasteiger partial charge on any atom is 0.271 e. The SMILES string of the molecule is C=CC(C)(C)Cc1c[nH]c(CC(O)(c2ccc(-c3ccc(F)cn3)cc2)C(F)F)n1. The van der Waals surface area contributed by atoms with Crippen LogP contribution in [-0.4, -0.2) is 26.5 Å². The number of aromatic amines is 1. The van der Waals surface area contributed by atoms with Crippen LogP contribution < -0.4 is 0 Å². The first kappa shape index (κ1) is 21.8. The lowest BCUT2D eigenvalue weighted by Crippen LogP contribution is -2.37. The Morgan fingerprint density at radius 3 is 2.40 bits per heavy atom. The van der Waals surface area contributed by atoms with Crippen molar-refractivity contribution in [2.24, 2.45) is 5.41 Å². The van der Waals surface area contributed by atoms with Gasteiger partial charge >= 0.3 is 0 Å². The van der Waals surface area contributed by atoms with Crippen molar-refractivity contribution in [2.75, 3.05) is 0 Å². The number of hydrogen-bond donors (Lipinski definition) is 2. The van der Waals surface area contributed by atoms with Crippen molar-refractivity contribution in [1.82, 2.24) is 15.0 Å². The summed E-state index contributed by atoms with van der Waals surface area (Å²) in [6, 6.07) is 8.77. The smallest absolute Gasteiger partial charge is 0.271 e. The molecular weight excluding hydrogens is 391 g/mol. The third-order valence-electron chi connectivity index (χ3n) is 5.08. The van der Waals surface area contributed by atoms with E-state index in [0.717, 1.165) is 6.20 Å². The molecule has 158 valence electrons. The monoisotopic (exact) mass is 415 g/mol. The number of halogens is 3. The summed E-state index contributed by atoms with van der Waals surface area (Å²) in [5, 5.41) is 10.8. The lowest BCUT2D eigenvalue weighted by atomic mass is 9.88. The molecule has 0 amide bonds. The molecule has 0 fully saturated rings. The Hall–Kier alpha value is -2.93. The van der Waals surface area contributed by atoms with E-state index in [0.29, 0.717) is 23.4 Å². The number of alkyl halides is 2. The molecule has 3 aromatic rings. The Balaban J connectivity index is 1.83. The highest BCUT2D eigenvalue weighted by atomic mass is 19.3. The van der Waals surface area contributed by atoms with E-state index in [1.807, 2.05) is 19.9 Å². The Kier molecular flexibility index (Phi) is 6.12. The van der Waals surface area contributed by atoms with E-state index in [9.17, 15) is 18.3 Å². The number of nitrogens with zero attached hydrogens (tertiary/aromatic N) is 2. The highest BCUT2D eigenvalue weighted by Crippen LogP contribution is 2.33. The van der Waals surface area contributed by atoms with Crippen LogP contribution in [0.15, 0.2) is 61.4 Å². The van der Waals surface area contributed by atoms with Gasteiger partial charge in [0.05, 0.1) is 17.6 Å². The predicted octanol–water partition coefficient (Wildman–Crippen LogP) is 5.06. The summed E-state index contributed by atoms with van der Waals surface area (Å²) >= 11 is 0. The molecule has 1 aromatic carbocycles. The van der Waals surface area contributed by atoms with Crippen LogP contribution in [0.4, 0.5) is 13.2 Å². The third kappa shape index (κ3) is 4.79. The van der Waals surface area contributed by atoms with E-state index >= 15 is 0 Å². The zero-order chi connectivity index (χ0) is 21.9. The maximum atomic E-state index is 13.9. The standard InChI is InChI=1S/C23H24F3N3O/c1-4-22(2,3)11-18-14-28-20(29-18)12-23(30,21(25)26)16-7-5-15(6-8-16)19-10-9-17(24)13-27-19/h4-10,13-14,21,30H,1,11-12H2,2-3H3,(H,28,29). The molecular formula is C23H24F3N3O. The van der Waals surface area contributed by atoms with Crippen LogP contribution in [-0.2, 0) is 18.4 Å². The summed E-state index contributed by atoms with van der Waals surface area (Å²) in [5.74, 6) is -0.186. The van der Waals surface area contributed by atoms with Gasteiger partial charge in [-0.1, -0.05) is 44.2 Å². The van der Waals surface area contributed by atoms with Crippen molar-refractivity contribution in [3.63, 3.8) is 0 Å². The number of rotatable bonds is 8. The Morgan fingerprint density at radius 2 is 1.83 bits per heavy atom. The molecule has 2 heterocycles. The summed E-state index contributed by atoms with van der Waals surface area (Å²) in [6.07, 6.45) is 1.77. The molecule has 2 aromatic heterocycles. The number of aromatic nitrogens is 3. The summed E-state index contributed by atoms with van der Waals surface area (Å²) in [5.41, 5.74) is -0.684. The Morgan fingerprint density at radius 1 is 1.13 bits per heavy atom. The number of imidazole rings is 1. The van der Waals surface area contributed by atoms with Gasteiger partial charge in [-0.25, -0.2) is 18.2 Å². The first-order valence-electron chi connectivity index (χ1n) is 9.53. The second-order valence-corrected chi connectivity index (χ2v) is 8.05. The normalized spacial score (nSPS) is 14.0. The van der Waals surface area contributed by atoms with Crippen LogP contribution in [0.3, 0.4) is 0 Å². The fourth-order valence-corrected chi connectivity index (χ4v) is 3.16. The topological polar surface area (TPSA) is 61.8 Å². The maximum absolute atomic E-state index is 13.9. The van der Waals surface area contributed by atoms with Crippen LogP contribution in [0.2, 0.25) is 0 Å². The average molecular weight is 415 g/mol. The van der Waals surface area contributed by atoms with Gasteiger partial charge < -0.3 is 10.1 Å². The van der Waals surface area contributed by atoms with Gasteiger partial charge in [0.1, 0.15) is 11.6 Å². The summed E-state index contributed by atoms with van der Waals surface area (Å²) in [7, 11) is 0. The van der Waals surface area contributed by atoms with Crippen molar-refractivity contribution in [2.45, 2.75) is 38.7 Å². The van der Waals surface area contributed by atoms with E-state index in [2.05, 4.69) is 21.5 Å². The number of allylic oxidation sites excluding steroid dienone is 1. The number of nitrogens with one attached hydrogen (secondary N) is 1. The van der Waals surface area contributed by atoms with E-state index in [-0.39, 0.29) is 23.2 Å². The molecule has 1 atom stereocenters. The molecule has 0 radical (unpaired) electrons. The molecule has 30 heavy (non-hydrogen) atoms. The molecule has 0 aliphatic rings. The van der Waals surface area contributed by atoms with Crippen LogP contribution in [0.1, 0.15) is 30.9 Å². The summed E-state index contributed by atoms with van der Waals surface area (Å²) in [6.45, 7) is 7.79. The van der Waals surface area contributed by atoms with Gasteiger partial charge in [-0.2, -0.15) is 0 Å². The molecule has 3 rings (SSSR count). The van der Waals surface area contributed by atoms with Crippen LogP contribution >= 0.6 is 0 Å². The second kappa shape index (κ2) is 8.44. The number of H-pyrrole nitrogens is 1. The first-order valence-corrected chi connectivity index (χ1v) is 9.53. The van der Waals surface area contributed by atoms with Gasteiger partial charge in [-0.3, -0.25) is 4.98 Å². The highest BCUT2D eigenvalue weighted by Gasteiger charge is 2.40. The third-order valence-corrected chi connectivity index (χ3v) is 5.08. The molecule has 2 N–H and O–H groups in total. The first-order chi connectivity index (χ1) is 14.1. The van der Waals surface area contributed by atoms with Gasteiger partial charge in [-0.05, 0) is 29.5 Å². The Labute approximate surface area is 173 Å². The van der Waals surface area contributed by atoms with Gasteiger partial charge in [0.25, 0.3) is 6.43 Å². The number of pyridine rings is 1. The lowest BCUT2D eigenvalue weighted by molar-refractivity contribution is -0.102. The molecule has 7 heteroatoms. The molecule has 0 spiro atoms. The van der Waals surface area contributed by atoms with Crippen molar-refractivity contribution < 1.29 is 18.3 Å². The Bertz CT molecular complexity index is 997. The minimum Gasteiger partial charge on any atom is -0.379 e. The number of hydrogen-bond acceptors (Lipinski definition) is 3. The van der Waals surface area contributed by atoms with Crippen molar-refractivity contribution in [1.29, 1.82) is 0 Å². The number of aliphatic hydroxyl groups is 1. The van der Waals surface area contributed by atoms with Gasteiger partial charge in [0.2, 0.25) is 0 Å². The fraction of sp³-hybridized carbons (Fsp3) is 0.304. The molecule has 0 bridgehead atoms. The average Bonchev–Trinajstić information content (AvgIpc) is 3.14. The van der Waals surface area contributed by atoms with Crippen LogP contribution in [0, 0.1) is 11.2 Å². The zero-order valence-corrected chi connectivity index (χ0v) is 16.9. The van der Waals surface area contributed by atoms with Crippen molar-refractivity contribution in [3.8, 4) is 11.3 Å². The number of benzene rings is 1. The summed E-state index contributed by atoms with van der Waals surface area (Å²) in [4.78, 5) is 11.2. The molecule has 0 aliphatic heterocycles. The van der Waals surface area contributed by atoms with Crippen molar-refractivity contribution in [3.05, 3.63) is 84.3 Å². The summed E-state index contributed by atoms with van der Waals surface area (Å²) < 4.78 is 40.8. The predicted molar refractivity (Wildman–Crippen MR) is 110 cm³/mol. The largest absolute Gasteiger partial charge is 0.379 e. The molecule has 0 saturated heterocycles. The second-order valence-electron chi connectivity index (χ2n) is 8.05. The minimum absolute atomic E-state index is 0.0627. The minimum atomic E-state index is -3.02. The van der Waals surface area contributed by atoms with E-state index in [1.165, 1.54) is 24.3 Å². The van der Waals surface area contributed by atoms with E-state index in [1.54, 1.807) is 18.3 Å².